The van der Waals surface area contributed by atoms with Gasteiger partial charge in [-0.25, -0.2) is 13.8 Å². The molecule has 0 amide bonds. The van der Waals surface area contributed by atoms with Crippen LogP contribution in [0.5, 0.6) is 0 Å². The Balaban J connectivity index is 3.34. The first kappa shape index (κ1) is 14.1. The molecule has 96 valence electrons. The van der Waals surface area contributed by atoms with Gasteiger partial charge in [-0.15, -0.1) is 0 Å². The number of rotatable bonds is 2. The number of nitrogens with zero attached hydrogens (tertiary/aromatic N) is 1. The topological polar surface area (TPSA) is 38.9 Å². The van der Waals surface area contributed by atoms with Gasteiger partial charge in [0.15, 0.2) is 0 Å². The maximum atomic E-state index is 12.6. The molecule has 0 bridgehead atoms. The van der Waals surface area contributed by atoms with Crippen molar-refractivity contribution < 1.29 is 22.0 Å². The van der Waals surface area contributed by atoms with Crippen molar-refractivity contribution in [2.75, 3.05) is 0 Å². The van der Waals surface area contributed by atoms with E-state index < -0.39 is 34.4 Å². The number of aromatic nitrogens is 1. The van der Waals surface area contributed by atoms with Gasteiger partial charge in [0, 0.05) is 11.8 Å². The van der Waals surface area contributed by atoms with Crippen molar-refractivity contribution in [3.8, 4) is 0 Å². The molecule has 8 heteroatoms. The molecule has 0 aliphatic heterocycles. The maximum absolute atomic E-state index is 12.6. The van der Waals surface area contributed by atoms with Gasteiger partial charge in [-0.3, -0.25) is 0 Å². The van der Waals surface area contributed by atoms with Crippen LogP contribution in [0.2, 0.25) is 5.15 Å². The van der Waals surface area contributed by atoms with Crippen molar-refractivity contribution in [1.29, 1.82) is 0 Å². The molecule has 0 saturated heterocycles. The van der Waals surface area contributed by atoms with Crippen molar-refractivity contribution in [3.63, 3.8) is 0 Å². The summed E-state index contributed by atoms with van der Waals surface area (Å²) in [4.78, 5) is 3.23. The second kappa shape index (κ2) is 4.38. The Morgan fingerprint density at radius 1 is 1.35 bits per heavy atom. The highest BCUT2D eigenvalue weighted by atomic mass is 35.5. The fraction of sp³-hybridized carbons (Fsp3) is 0.444. The number of hydrogen-bond acceptors (Lipinski definition) is 2. The van der Waals surface area contributed by atoms with Crippen LogP contribution in [-0.2, 0) is 11.7 Å². The van der Waals surface area contributed by atoms with Gasteiger partial charge in [-0.2, -0.15) is 13.2 Å². The van der Waals surface area contributed by atoms with E-state index in [9.17, 15) is 22.0 Å². The van der Waals surface area contributed by atoms with E-state index in [0.717, 1.165) is 6.92 Å². The molecule has 2 nitrogen and oxygen atoms in total. The first-order chi connectivity index (χ1) is 7.56. The minimum Gasteiger partial charge on any atom is -0.317 e. The molecule has 0 aliphatic carbocycles. The minimum absolute atomic E-state index is 0.466. The molecular weight excluding hydrogens is 267 g/mol. The van der Waals surface area contributed by atoms with E-state index >= 15 is 0 Å². The van der Waals surface area contributed by atoms with Crippen molar-refractivity contribution in [3.05, 3.63) is 28.5 Å². The van der Waals surface area contributed by atoms with Crippen molar-refractivity contribution in [2.24, 2.45) is 5.73 Å². The van der Waals surface area contributed by atoms with Gasteiger partial charge < -0.3 is 5.73 Å². The van der Waals surface area contributed by atoms with Crippen LogP contribution in [0.1, 0.15) is 18.1 Å². The molecule has 0 spiro atoms. The van der Waals surface area contributed by atoms with Gasteiger partial charge in [-0.1, -0.05) is 11.6 Å². The summed E-state index contributed by atoms with van der Waals surface area (Å²) in [6, 6.07) is 0.488. The minimum atomic E-state index is -4.69. The van der Waals surface area contributed by atoms with Crippen LogP contribution in [0.15, 0.2) is 12.3 Å². The number of alkyl halides is 5. The highest BCUT2D eigenvalue weighted by molar-refractivity contribution is 6.30. The van der Waals surface area contributed by atoms with Crippen LogP contribution in [0.4, 0.5) is 22.0 Å². The Labute approximate surface area is 98.6 Å². The molecule has 1 atom stereocenters. The second-order valence-corrected chi connectivity index (χ2v) is 4.00. The Morgan fingerprint density at radius 2 is 1.88 bits per heavy atom. The second-order valence-electron chi connectivity index (χ2n) is 3.64. The number of hydrogen-bond donors (Lipinski definition) is 1. The summed E-state index contributed by atoms with van der Waals surface area (Å²) in [6.45, 7) is 0.890. The Kier molecular flexibility index (Phi) is 3.63. The van der Waals surface area contributed by atoms with Gasteiger partial charge in [-0.05, 0) is 13.0 Å². The summed E-state index contributed by atoms with van der Waals surface area (Å²) in [7, 11) is 0. The van der Waals surface area contributed by atoms with Crippen molar-refractivity contribution in [2.45, 2.75) is 25.1 Å². The molecular formula is C9H8ClF5N2. The third-order valence-electron chi connectivity index (χ3n) is 2.20. The van der Waals surface area contributed by atoms with E-state index in [1.807, 2.05) is 0 Å². The molecule has 1 unspecified atom stereocenters. The van der Waals surface area contributed by atoms with Gasteiger partial charge in [0.25, 0.3) is 6.43 Å². The monoisotopic (exact) mass is 274 g/mol. The van der Waals surface area contributed by atoms with E-state index in [0.29, 0.717) is 12.3 Å². The zero-order valence-corrected chi connectivity index (χ0v) is 9.28. The first-order valence-electron chi connectivity index (χ1n) is 4.37. The van der Waals surface area contributed by atoms with Crippen LogP contribution in [-0.4, -0.2) is 11.4 Å². The van der Waals surface area contributed by atoms with E-state index in [-0.39, 0.29) is 0 Å². The summed E-state index contributed by atoms with van der Waals surface area (Å²) in [5, 5.41) is -0.469. The van der Waals surface area contributed by atoms with E-state index in [4.69, 9.17) is 17.3 Å². The van der Waals surface area contributed by atoms with Crippen LogP contribution < -0.4 is 5.73 Å². The Morgan fingerprint density at radius 3 is 2.29 bits per heavy atom. The van der Waals surface area contributed by atoms with Gasteiger partial charge in [0.05, 0.1) is 5.56 Å². The average Bonchev–Trinajstić information content (AvgIpc) is 2.15. The van der Waals surface area contributed by atoms with Crippen LogP contribution in [0, 0.1) is 0 Å². The largest absolute Gasteiger partial charge is 0.417 e. The number of nitrogens with two attached hydrogens (primary N) is 1. The van der Waals surface area contributed by atoms with E-state index in [2.05, 4.69) is 4.98 Å². The third-order valence-corrected chi connectivity index (χ3v) is 2.50. The smallest absolute Gasteiger partial charge is 0.317 e. The lowest BCUT2D eigenvalue weighted by atomic mass is 9.94. The van der Waals surface area contributed by atoms with Crippen molar-refractivity contribution in [1.82, 2.24) is 4.98 Å². The number of pyridine rings is 1. The lowest BCUT2D eigenvalue weighted by molar-refractivity contribution is -0.138. The molecule has 0 aliphatic rings. The van der Waals surface area contributed by atoms with Gasteiger partial charge in [0.2, 0.25) is 0 Å². The highest BCUT2D eigenvalue weighted by Gasteiger charge is 2.38. The first-order valence-corrected chi connectivity index (χ1v) is 4.75. The molecule has 0 fully saturated rings. The average molecular weight is 275 g/mol. The molecule has 1 rings (SSSR count). The molecule has 1 aromatic rings. The molecule has 0 aromatic carbocycles. The summed E-state index contributed by atoms with van der Waals surface area (Å²) in [5.41, 5.74) is 1.26. The zero-order chi connectivity index (χ0) is 13.4. The lowest BCUT2D eigenvalue weighted by Crippen LogP contribution is -2.41. The third kappa shape index (κ3) is 2.84. The Hall–Kier alpha value is -0.950. The molecule has 1 heterocycles. The quantitative estimate of drug-likeness (QED) is 0.664. The van der Waals surface area contributed by atoms with Gasteiger partial charge >= 0.3 is 6.18 Å². The molecule has 1 aromatic heterocycles. The fourth-order valence-electron chi connectivity index (χ4n) is 1.10. The maximum Gasteiger partial charge on any atom is 0.417 e. The fourth-order valence-corrected chi connectivity index (χ4v) is 1.41. The van der Waals surface area contributed by atoms with Crippen LogP contribution in [0.25, 0.3) is 0 Å². The molecule has 17 heavy (non-hydrogen) atoms. The van der Waals surface area contributed by atoms with Crippen LogP contribution >= 0.6 is 11.6 Å². The molecule has 2 N–H and O–H groups in total. The van der Waals surface area contributed by atoms with E-state index in [1.165, 1.54) is 0 Å². The zero-order valence-electron chi connectivity index (χ0n) is 8.52. The standard InChI is InChI=1S/C9H8ClF5N2/c1-8(16,7(11)12)5-2-4(9(13,14)15)3-17-6(5)10/h2-3,7H,16H2,1H3. The summed E-state index contributed by atoms with van der Waals surface area (Å²) < 4.78 is 62.4. The SMILES string of the molecule is CC(N)(c1cc(C(F)(F)F)cnc1Cl)C(F)F. The molecule has 0 radical (unpaired) electrons. The van der Waals surface area contributed by atoms with Crippen LogP contribution in [0.3, 0.4) is 0 Å². The van der Waals surface area contributed by atoms with Crippen molar-refractivity contribution >= 4 is 11.6 Å². The predicted molar refractivity (Wildman–Crippen MR) is 51.8 cm³/mol. The Bertz CT molecular complexity index is 416. The summed E-state index contributed by atoms with van der Waals surface area (Å²) in [5.74, 6) is 0. The molecule has 0 saturated carbocycles. The number of halogens is 6. The van der Waals surface area contributed by atoms with E-state index in [1.54, 1.807) is 0 Å². The van der Waals surface area contributed by atoms with Gasteiger partial charge in [0.1, 0.15) is 10.7 Å². The normalized spacial score (nSPS) is 16.1. The highest BCUT2D eigenvalue weighted by Crippen LogP contribution is 2.35. The predicted octanol–water partition coefficient (Wildman–Crippen LogP) is 3.19. The lowest BCUT2D eigenvalue weighted by Gasteiger charge is -2.25. The summed E-state index contributed by atoms with van der Waals surface area (Å²) >= 11 is 5.48. The summed E-state index contributed by atoms with van der Waals surface area (Å²) in [6.07, 6.45) is -7.29.